The van der Waals surface area contributed by atoms with Gasteiger partial charge in [0.2, 0.25) is 0 Å². The number of rotatable bonds is 3. The van der Waals surface area contributed by atoms with Crippen LogP contribution in [0.2, 0.25) is 0 Å². The van der Waals surface area contributed by atoms with Crippen molar-refractivity contribution in [3.8, 4) is 0 Å². The van der Waals surface area contributed by atoms with Gasteiger partial charge in [0.15, 0.2) is 0 Å². The van der Waals surface area contributed by atoms with Crippen molar-refractivity contribution in [2.75, 3.05) is 18.4 Å². The van der Waals surface area contributed by atoms with E-state index in [1.54, 1.807) is 0 Å². The highest BCUT2D eigenvalue weighted by Crippen LogP contribution is 2.21. The van der Waals surface area contributed by atoms with Crippen molar-refractivity contribution in [1.29, 1.82) is 0 Å². The van der Waals surface area contributed by atoms with Gasteiger partial charge in [-0.25, -0.2) is 4.79 Å². The number of likely N-dealkylation sites (tertiary alicyclic amines) is 1. The Morgan fingerprint density at radius 2 is 2.00 bits per heavy atom. The number of amides is 1. The molecule has 22 heavy (non-hydrogen) atoms. The number of carbonyl (C=O) groups excluding carboxylic acids is 1. The van der Waals surface area contributed by atoms with Gasteiger partial charge in [0.05, 0.1) is 6.04 Å². The summed E-state index contributed by atoms with van der Waals surface area (Å²) in [5.41, 5.74) is 0.621. The third-order valence-electron chi connectivity index (χ3n) is 3.64. The molecule has 1 heterocycles. The summed E-state index contributed by atoms with van der Waals surface area (Å²) < 4.78 is 6.59. The number of carbonyl (C=O) groups is 1. The fraction of sp³-hybridized carbons (Fsp3) is 0.588. The number of anilines is 1. The van der Waals surface area contributed by atoms with Crippen LogP contribution in [0.15, 0.2) is 28.7 Å². The van der Waals surface area contributed by atoms with Crippen molar-refractivity contribution < 1.29 is 9.53 Å². The van der Waals surface area contributed by atoms with Crippen molar-refractivity contribution in [3.05, 3.63) is 28.7 Å². The maximum absolute atomic E-state index is 12.3. The SMILES string of the molecule is CC(C)(C)OC(=O)N1CCCC[C@H]1CNc1ccc(Br)cc1. The van der Waals surface area contributed by atoms with E-state index in [0.29, 0.717) is 0 Å². The number of halogens is 1. The molecule has 0 radical (unpaired) electrons. The van der Waals surface area contributed by atoms with Gasteiger partial charge >= 0.3 is 6.09 Å². The minimum absolute atomic E-state index is 0.187. The predicted molar refractivity (Wildman–Crippen MR) is 93.2 cm³/mol. The third kappa shape index (κ3) is 5.20. The molecule has 0 aliphatic carbocycles. The Bertz CT molecular complexity index is 496. The molecule has 1 aromatic carbocycles. The first-order chi connectivity index (χ1) is 10.3. The van der Waals surface area contributed by atoms with E-state index in [1.807, 2.05) is 49.9 Å². The molecule has 122 valence electrons. The highest BCUT2D eigenvalue weighted by Gasteiger charge is 2.30. The van der Waals surface area contributed by atoms with Gasteiger partial charge in [0.25, 0.3) is 0 Å². The fourth-order valence-electron chi connectivity index (χ4n) is 2.58. The van der Waals surface area contributed by atoms with Crippen molar-refractivity contribution in [1.82, 2.24) is 4.90 Å². The van der Waals surface area contributed by atoms with Crippen molar-refractivity contribution >= 4 is 27.7 Å². The lowest BCUT2D eigenvalue weighted by atomic mass is 10.0. The van der Waals surface area contributed by atoms with Gasteiger partial charge in [-0.3, -0.25) is 0 Å². The third-order valence-corrected chi connectivity index (χ3v) is 4.17. The molecule has 0 saturated carbocycles. The standard InChI is InChI=1S/C17H25BrN2O2/c1-17(2,3)22-16(21)20-11-5-4-6-15(20)12-19-14-9-7-13(18)8-10-14/h7-10,15,19H,4-6,11-12H2,1-3H3/t15-/m0/s1. The van der Waals surface area contributed by atoms with Gasteiger partial charge in [-0.05, 0) is 64.3 Å². The molecule has 1 N–H and O–H groups in total. The first-order valence-corrected chi connectivity index (χ1v) is 8.63. The average molecular weight is 369 g/mol. The van der Waals surface area contributed by atoms with E-state index in [9.17, 15) is 4.79 Å². The van der Waals surface area contributed by atoms with Crippen LogP contribution in [-0.4, -0.2) is 35.7 Å². The number of nitrogens with one attached hydrogen (secondary N) is 1. The zero-order valence-electron chi connectivity index (χ0n) is 13.6. The molecule has 1 saturated heterocycles. The van der Waals surface area contributed by atoms with E-state index in [-0.39, 0.29) is 12.1 Å². The number of ether oxygens (including phenoxy) is 1. The number of piperidine rings is 1. The Morgan fingerprint density at radius 1 is 1.32 bits per heavy atom. The van der Waals surface area contributed by atoms with E-state index in [4.69, 9.17) is 4.74 Å². The van der Waals surface area contributed by atoms with Crippen LogP contribution < -0.4 is 5.32 Å². The summed E-state index contributed by atoms with van der Waals surface area (Å²) in [4.78, 5) is 14.2. The first kappa shape index (κ1) is 17.1. The molecule has 5 heteroatoms. The van der Waals surface area contributed by atoms with E-state index in [0.717, 1.165) is 42.5 Å². The monoisotopic (exact) mass is 368 g/mol. The lowest BCUT2D eigenvalue weighted by Crippen LogP contribution is -2.48. The molecule has 1 atom stereocenters. The largest absolute Gasteiger partial charge is 0.444 e. The normalized spacial score (nSPS) is 18.9. The quantitative estimate of drug-likeness (QED) is 0.843. The minimum Gasteiger partial charge on any atom is -0.444 e. The van der Waals surface area contributed by atoms with Crippen LogP contribution in [0.3, 0.4) is 0 Å². The maximum atomic E-state index is 12.3. The highest BCUT2D eigenvalue weighted by atomic mass is 79.9. The van der Waals surface area contributed by atoms with Gasteiger partial charge in [-0.15, -0.1) is 0 Å². The zero-order valence-corrected chi connectivity index (χ0v) is 15.1. The summed E-state index contributed by atoms with van der Waals surface area (Å²) in [6, 6.07) is 8.27. The van der Waals surface area contributed by atoms with E-state index < -0.39 is 5.60 Å². The van der Waals surface area contributed by atoms with Crippen molar-refractivity contribution in [3.63, 3.8) is 0 Å². The molecule has 1 fully saturated rings. The highest BCUT2D eigenvalue weighted by molar-refractivity contribution is 9.10. The van der Waals surface area contributed by atoms with Gasteiger partial charge in [0.1, 0.15) is 5.60 Å². The Labute approximate surface area is 141 Å². The Morgan fingerprint density at radius 3 is 2.64 bits per heavy atom. The zero-order chi connectivity index (χ0) is 16.2. The molecular formula is C17H25BrN2O2. The Balaban J connectivity index is 1.94. The van der Waals surface area contributed by atoms with Crippen molar-refractivity contribution in [2.45, 2.75) is 51.7 Å². The summed E-state index contributed by atoms with van der Waals surface area (Å²) in [5.74, 6) is 0. The molecule has 1 amide bonds. The van der Waals surface area contributed by atoms with Gasteiger partial charge in [0, 0.05) is 23.2 Å². The molecule has 4 nitrogen and oxygen atoms in total. The van der Waals surface area contributed by atoms with E-state index in [2.05, 4.69) is 21.2 Å². The molecule has 0 aromatic heterocycles. The maximum Gasteiger partial charge on any atom is 0.410 e. The molecular weight excluding hydrogens is 344 g/mol. The van der Waals surface area contributed by atoms with Crippen LogP contribution in [-0.2, 0) is 4.74 Å². The van der Waals surface area contributed by atoms with E-state index in [1.165, 1.54) is 0 Å². The molecule has 0 spiro atoms. The summed E-state index contributed by atoms with van der Waals surface area (Å²) in [5, 5.41) is 3.42. The second-order valence-electron chi connectivity index (χ2n) is 6.71. The smallest absolute Gasteiger partial charge is 0.410 e. The van der Waals surface area contributed by atoms with Gasteiger partial charge < -0.3 is 15.0 Å². The van der Waals surface area contributed by atoms with Crippen LogP contribution in [0, 0.1) is 0 Å². The molecule has 0 bridgehead atoms. The fourth-order valence-corrected chi connectivity index (χ4v) is 2.84. The summed E-state index contributed by atoms with van der Waals surface area (Å²) in [7, 11) is 0. The van der Waals surface area contributed by atoms with Gasteiger partial charge in [-0.1, -0.05) is 15.9 Å². The topological polar surface area (TPSA) is 41.6 Å². The van der Waals surface area contributed by atoms with Gasteiger partial charge in [-0.2, -0.15) is 0 Å². The van der Waals surface area contributed by atoms with Crippen LogP contribution >= 0.6 is 15.9 Å². The van der Waals surface area contributed by atoms with Crippen LogP contribution in [0.1, 0.15) is 40.0 Å². The van der Waals surface area contributed by atoms with Crippen LogP contribution in [0.4, 0.5) is 10.5 Å². The first-order valence-electron chi connectivity index (χ1n) is 7.84. The van der Waals surface area contributed by atoms with E-state index >= 15 is 0 Å². The molecule has 1 aromatic rings. The van der Waals surface area contributed by atoms with Crippen LogP contribution in [0.5, 0.6) is 0 Å². The molecule has 1 aliphatic heterocycles. The Hall–Kier alpha value is -1.23. The second-order valence-corrected chi connectivity index (χ2v) is 7.63. The second kappa shape index (κ2) is 7.36. The average Bonchev–Trinajstić information content (AvgIpc) is 2.45. The lowest BCUT2D eigenvalue weighted by Gasteiger charge is -2.37. The summed E-state index contributed by atoms with van der Waals surface area (Å²) in [6.45, 7) is 7.25. The lowest BCUT2D eigenvalue weighted by molar-refractivity contribution is 0.0114. The Kier molecular flexibility index (Phi) is 5.73. The van der Waals surface area contributed by atoms with Crippen LogP contribution in [0.25, 0.3) is 0 Å². The number of benzene rings is 1. The summed E-state index contributed by atoms with van der Waals surface area (Å²) >= 11 is 3.43. The molecule has 1 aliphatic rings. The number of nitrogens with zero attached hydrogens (tertiary/aromatic N) is 1. The van der Waals surface area contributed by atoms with Crippen molar-refractivity contribution in [2.24, 2.45) is 0 Å². The molecule has 0 unspecified atom stereocenters. The summed E-state index contributed by atoms with van der Waals surface area (Å²) in [6.07, 6.45) is 3.03. The molecule has 2 rings (SSSR count). The number of hydrogen-bond acceptors (Lipinski definition) is 3. The minimum atomic E-state index is -0.446. The number of hydrogen-bond donors (Lipinski definition) is 1. The predicted octanol–water partition coefficient (Wildman–Crippen LogP) is 4.65.